The molecule has 3 N–H and O–H groups in total. The van der Waals surface area contributed by atoms with Gasteiger partial charge in [-0.25, -0.2) is 4.99 Å². The van der Waals surface area contributed by atoms with Crippen molar-refractivity contribution < 1.29 is 14.4 Å². The molecule has 1 heterocycles. The fourth-order valence-electron chi connectivity index (χ4n) is 6.52. The molecular weight excluding hydrogens is 643 g/mol. The van der Waals surface area contributed by atoms with Crippen LogP contribution in [0.5, 0.6) is 0 Å². The summed E-state index contributed by atoms with van der Waals surface area (Å²) >= 11 is 12.7. The number of rotatable bonds is 12. The van der Waals surface area contributed by atoms with Gasteiger partial charge >= 0.3 is 0 Å². The van der Waals surface area contributed by atoms with E-state index in [0.717, 1.165) is 40.7 Å². The minimum absolute atomic E-state index is 0.212. The van der Waals surface area contributed by atoms with Crippen molar-refractivity contribution in [3.8, 4) is 11.1 Å². The van der Waals surface area contributed by atoms with Gasteiger partial charge in [0.05, 0.1) is 17.9 Å². The van der Waals surface area contributed by atoms with Crippen LogP contribution in [0.2, 0.25) is 10.0 Å². The number of anilines is 1. The summed E-state index contributed by atoms with van der Waals surface area (Å²) in [6, 6.07) is 30.5. The Morgan fingerprint density at radius 2 is 1.62 bits per heavy atom. The molecule has 3 atom stereocenters. The van der Waals surface area contributed by atoms with Crippen LogP contribution in [-0.4, -0.2) is 29.6 Å². The standard InChI is InChI=1S/C39H38Cl2N4O3/c1-2-9-30(36(42)46)32(21-24-16-17-24)38(47)44-37-39(48)45(23-25-10-8-13-27(20-25)29-19-18-28(40)22-33(29)41)34-15-7-6-14-31(34)35(43-37)26-11-4-3-5-12-26/h3-8,10-15,18-20,22,24,30,32,37H,2,9,16-17,21,23H2,1H3,(H2,42,46)(H,44,47). The lowest BCUT2D eigenvalue weighted by molar-refractivity contribution is -0.135. The second-order valence-electron chi connectivity index (χ2n) is 12.6. The van der Waals surface area contributed by atoms with Crippen molar-refractivity contribution in [3.05, 3.63) is 124 Å². The Morgan fingerprint density at radius 1 is 0.896 bits per heavy atom. The molecule has 6 rings (SSSR count). The van der Waals surface area contributed by atoms with E-state index in [9.17, 15) is 14.4 Å². The lowest BCUT2D eigenvalue weighted by Gasteiger charge is -2.28. The molecule has 0 aromatic heterocycles. The Balaban J connectivity index is 1.40. The van der Waals surface area contributed by atoms with Crippen molar-refractivity contribution in [2.24, 2.45) is 28.5 Å². The Morgan fingerprint density at radius 3 is 2.33 bits per heavy atom. The number of primary amides is 1. The molecule has 3 amide bonds. The van der Waals surface area contributed by atoms with Crippen LogP contribution in [0.1, 0.15) is 55.7 Å². The first-order valence-electron chi connectivity index (χ1n) is 16.4. The zero-order chi connectivity index (χ0) is 33.8. The number of fused-ring (bicyclic) bond motifs is 1. The van der Waals surface area contributed by atoms with Gasteiger partial charge in [0.15, 0.2) is 0 Å². The minimum atomic E-state index is -1.23. The average Bonchev–Trinajstić information content (AvgIpc) is 3.92. The largest absolute Gasteiger partial charge is 0.369 e. The first-order chi connectivity index (χ1) is 23.2. The minimum Gasteiger partial charge on any atom is -0.369 e. The van der Waals surface area contributed by atoms with Crippen molar-refractivity contribution in [1.29, 1.82) is 0 Å². The third-order valence-electron chi connectivity index (χ3n) is 9.12. The number of nitrogens with one attached hydrogen (secondary N) is 1. The Kier molecular flexibility index (Phi) is 10.3. The molecule has 1 saturated carbocycles. The number of halogens is 2. The van der Waals surface area contributed by atoms with E-state index in [2.05, 4.69) is 5.32 Å². The van der Waals surface area contributed by atoms with E-state index in [1.54, 1.807) is 17.0 Å². The fraction of sp³-hybridized carbons (Fsp3) is 0.282. The van der Waals surface area contributed by atoms with Gasteiger partial charge in [0.1, 0.15) is 0 Å². The highest BCUT2D eigenvalue weighted by molar-refractivity contribution is 6.36. The molecular formula is C39H38Cl2N4O3. The number of carbonyl (C=O) groups is 3. The van der Waals surface area contributed by atoms with Gasteiger partial charge in [0, 0.05) is 38.6 Å². The number of benzene rings is 4. The van der Waals surface area contributed by atoms with Crippen molar-refractivity contribution in [2.45, 2.75) is 51.7 Å². The van der Waals surface area contributed by atoms with Gasteiger partial charge < -0.3 is 16.0 Å². The number of aliphatic imine (C=N–C) groups is 1. The average molecular weight is 682 g/mol. The first-order valence-corrected chi connectivity index (χ1v) is 17.2. The number of hydrogen-bond acceptors (Lipinski definition) is 4. The molecule has 48 heavy (non-hydrogen) atoms. The number of nitrogens with two attached hydrogens (primary N) is 1. The summed E-state index contributed by atoms with van der Waals surface area (Å²) in [4.78, 5) is 48.0. The van der Waals surface area contributed by atoms with Gasteiger partial charge in [0.2, 0.25) is 18.0 Å². The van der Waals surface area contributed by atoms with Crippen LogP contribution in [0.3, 0.4) is 0 Å². The maximum Gasteiger partial charge on any atom is 0.272 e. The Bertz CT molecular complexity index is 1860. The molecule has 1 aliphatic carbocycles. The molecule has 2 aliphatic rings. The predicted molar refractivity (Wildman–Crippen MR) is 192 cm³/mol. The van der Waals surface area contributed by atoms with Crippen LogP contribution in [0.4, 0.5) is 5.69 Å². The fourth-order valence-corrected chi connectivity index (χ4v) is 7.03. The summed E-state index contributed by atoms with van der Waals surface area (Å²) in [5.74, 6) is -2.14. The smallest absolute Gasteiger partial charge is 0.272 e. The van der Waals surface area contributed by atoms with E-state index in [-0.39, 0.29) is 18.4 Å². The molecule has 9 heteroatoms. The van der Waals surface area contributed by atoms with Gasteiger partial charge in [-0.1, -0.05) is 122 Å². The topological polar surface area (TPSA) is 105 Å². The van der Waals surface area contributed by atoms with Crippen LogP contribution in [0, 0.1) is 17.8 Å². The highest BCUT2D eigenvalue weighted by Crippen LogP contribution is 2.39. The summed E-state index contributed by atoms with van der Waals surface area (Å²) in [5.41, 5.74) is 11.2. The third-order valence-corrected chi connectivity index (χ3v) is 9.66. The van der Waals surface area contributed by atoms with E-state index < -0.39 is 23.9 Å². The van der Waals surface area contributed by atoms with Gasteiger partial charge in [0.25, 0.3) is 5.91 Å². The Hall–Kier alpha value is -4.46. The number of carbonyl (C=O) groups excluding carboxylic acids is 3. The molecule has 7 nitrogen and oxygen atoms in total. The second-order valence-corrected chi connectivity index (χ2v) is 13.4. The Labute approximate surface area is 291 Å². The molecule has 3 unspecified atom stereocenters. The molecule has 0 saturated heterocycles. The van der Waals surface area contributed by atoms with E-state index in [1.807, 2.05) is 91.9 Å². The number of para-hydroxylation sites is 1. The van der Waals surface area contributed by atoms with Crippen molar-refractivity contribution in [2.75, 3.05) is 4.90 Å². The zero-order valence-electron chi connectivity index (χ0n) is 26.7. The number of hydrogen-bond donors (Lipinski definition) is 2. The quantitative estimate of drug-likeness (QED) is 0.159. The van der Waals surface area contributed by atoms with Crippen LogP contribution in [0.15, 0.2) is 102 Å². The van der Waals surface area contributed by atoms with Crippen LogP contribution in [0.25, 0.3) is 11.1 Å². The van der Waals surface area contributed by atoms with E-state index in [4.69, 9.17) is 33.9 Å². The predicted octanol–water partition coefficient (Wildman–Crippen LogP) is 7.80. The van der Waals surface area contributed by atoms with E-state index in [1.165, 1.54) is 0 Å². The van der Waals surface area contributed by atoms with Crippen molar-refractivity contribution >= 4 is 52.3 Å². The molecule has 0 bridgehead atoms. The number of benzodiazepines with no additional fused rings is 1. The van der Waals surface area contributed by atoms with Crippen molar-refractivity contribution in [3.63, 3.8) is 0 Å². The SMILES string of the molecule is CCCC(C(N)=O)C(CC1CC1)C(=O)NC1N=C(c2ccccc2)c2ccccc2N(Cc2cccc(-c3ccc(Cl)cc3Cl)c2)C1=O. The summed E-state index contributed by atoms with van der Waals surface area (Å²) in [6.45, 7) is 2.18. The van der Waals surface area contributed by atoms with Gasteiger partial charge in [-0.3, -0.25) is 14.4 Å². The molecule has 1 fully saturated rings. The lowest BCUT2D eigenvalue weighted by atomic mass is 9.83. The molecule has 0 spiro atoms. The van der Waals surface area contributed by atoms with Crippen LogP contribution >= 0.6 is 23.2 Å². The molecule has 0 radical (unpaired) electrons. The van der Waals surface area contributed by atoms with Crippen LogP contribution < -0.4 is 16.0 Å². The van der Waals surface area contributed by atoms with Crippen molar-refractivity contribution in [1.82, 2.24) is 5.32 Å². The molecule has 246 valence electrons. The van der Waals surface area contributed by atoms with Crippen LogP contribution in [-0.2, 0) is 20.9 Å². The number of nitrogens with zero attached hydrogens (tertiary/aromatic N) is 2. The summed E-state index contributed by atoms with van der Waals surface area (Å²) in [5, 5.41) is 4.05. The molecule has 1 aliphatic heterocycles. The summed E-state index contributed by atoms with van der Waals surface area (Å²) < 4.78 is 0. The normalized spacial score (nSPS) is 17.1. The summed E-state index contributed by atoms with van der Waals surface area (Å²) in [7, 11) is 0. The first kappa shape index (κ1) is 33.4. The zero-order valence-corrected chi connectivity index (χ0v) is 28.3. The summed E-state index contributed by atoms with van der Waals surface area (Å²) in [6.07, 6.45) is 2.57. The van der Waals surface area contributed by atoms with E-state index in [0.29, 0.717) is 46.6 Å². The van der Waals surface area contributed by atoms with Gasteiger partial charge in [-0.15, -0.1) is 0 Å². The molecule has 4 aromatic carbocycles. The van der Waals surface area contributed by atoms with Gasteiger partial charge in [-0.05, 0) is 54.2 Å². The number of amides is 3. The van der Waals surface area contributed by atoms with E-state index >= 15 is 0 Å². The monoisotopic (exact) mass is 680 g/mol. The lowest BCUT2D eigenvalue weighted by Crippen LogP contribution is -2.50. The van der Waals surface area contributed by atoms with Gasteiger partial charge in [-0.2, -0.15) is 0 Å². The maximum absolute atomic E-state index is 14.6. The maximum atomic E-state index is 14.6. The second kappa shape index (κ2) is 14.8. The highest BCUT2D eigenvalue weighted by Gasteiger charge is 2.40. The molecule has 4 aromatic rings. The highest BCUT2D eigenvalue weighted by atomic mass is 35.5. The third kappa shape index (κ3) is 7.48.